The number of ether oxygens (including phenoxy) is 1. The number of carbonyl (C=O) groups is 1. The van der Waals surface area contributed by atoms with Crippen LogP contribution >= 0.6 is 12.4 Å². The lowest BCUT2D eigenvalue weighted by molar-refractivity contribution is -0.153. The molecule has 0 saturated carbocycles. The first-order valence-electron chi connectivity index (χ1n) is 8.14. The van der Waals surface area contributed by atoms with Crippen LogP contribution in [-0.4, -0.2) is 18.7 Å². The number of amides is 1. The quantitative estimate of drug-likeness (QED) is 0.725. The number of nitrogens with two attached hydrogens (primary N) is 1. The molecule has 1 amide bonds. The summed E-state index contributed by atoms with van der Waals surface area (Å²) < 4.78 is 41.1. The zero-order valence-electron chi connectivity index (χ0n) is 14.7. The first-order valence-corrected chi connectivity index (χ1v) is 8.14. The van der Waals surface area contributed by atoms with Gasteiger partial charge in [0.2, 0.25) is 5.91 Å². The molecule has 4 nitrogen and oxygen atoms in total. The Labute approximate surface area is 162 Å². The van der Waals surface area contributed by atoms with Crippen molar-refractivity contribution in [3.8, 4) is 5.75 Å². The van der Waals surface area contributed by atoms with Crippen molar-refractivity contribution in [2.45, 2.75) is 31.6 Å². The van der Waals surface area contributed by atoms with Gasteiger partial charge in [0, 0.05) is 12.5 Å². The van der Waals surface area contributed by atoms with Crippen LogP contribution in [0.1, 0.15) is 36.6 Å². The van der Waals surface area contributed by atoms with Gasteiger partial charge in [-0.15, -0.1) is 12.4 Å². The average Bonchev–Trinajstić information content (AvgIpc) is 2.60. The largest absolute Gasteiger partial charge is 0.484 e. The monoisotopic (exact) mass is 402 g/mol. The zero-order chi connectivity index (χ0) is 19.2. The number of carbonyl (C=O) groups excluding carboxylic acids is 1. The summed E-state index contributed by atoms with van der Waals surface area (Å²) in [4.78, 5) is 12.1. The van der Waals surface area contributed by atoms with Crippen LogP contribution in [0.25, 0.3) is 0 Å². The van der Waals surface area contributed by atoms with E-state index in [1.165, 1.54) is 12.1 Å². The number of alkyl halides is 3. The summed E-state index contributed by atoms with van der Waals surface area (Å²) in [7, 11) is 0. The van der Waals surface area contributed by atoms with Gasteiger partial charge in [-0.3, -0.25) is 4.79 Å². The summed E-state index contributed by atoms with van der Waals surface area (Å²) >= 11 is 0. The Balaban J connectivity index is 0.00000364. The molecule has 0 fully saturated rings. The summed E-state index contributed by atoms with van der Waals surface area (Å²) in [6.45, 7) is 0.452. The fraction of sp³-hybridized carbons (Fsp3) is 0.316. The van der Waals surface area contributed by atoms with Gasteiger partial charge in [0.25, 0.3) is 0 Å². The number of halogens is 4. The second kappa shape index (κ2) is 10.2. The standard InChI is InChI=1S/C19H21F3N2O2.ClH/c1-13(14-7-9-16(10-8-14)26-12-19(20,21)22)24-18(25)11-17(23)15-5-3-2-4-6-15;/h2-10,13,17H,11-12,23H2,1H3,(H,24,25);1H. The van der Waals surface area contributed by atoms with Crippen LogP contribution in [0.15, 0.2) is 54.6 Å². The minimum absolute atomic E-state index is 0. The topological polar surface area (TPSA) is 64.4 Å². The van der Waals surface area contributed by atoms with Crippen molar-refractivity contribution in [3.05, 3.63) is 65.7 Å². The number of rotatable bonds is 7. The summed E-state index contributed by atoms with van der Waals surface area (Å²) in [5.41, 5.74) is 7.66. The Hall–Kier alpha value is -2.25. The molecule has 8 heteroatoms. The van der Waals surface area contributed by atoms with Crippen molar-refractivity contribution >= 4 is 18.3 Å². The van der Waals surface area contributed by atoms with E-state index in [0.717, 1.165) is 11.1 Å². The second-order valence-electron chi connectivity index (χ2n) is 5.98. The lowest BCUT2D eigenvalue weighted by Gasteiger charge is -2.17. The highest BCUT2D eigenvalue weighted by Crippen LogP contribution is 2.21. The van der Waals surface area contributed by atoms with Gasteiger partial charge < -0.3 is 15.8 Å². The molecule has 0 aromatic heterocycles. The van der Waals surface area contributed by atoms with E-state index in [2.05, 4.69) is 10.1 Å². The highest BCUT2D eigenvalue weighted by atomic mass is 35.5. The minimum atomic E-state index is -4.38. The summed E-state index contributed by atoms with van der Waals surface area (Å²) in [6.07, 6.45) is -4.24. The smallest absolute Gasteiger partial charge is 0.422 e. The van der Waals surface area contributed by atoms with E-state index in [4.69, 9.17) is 5.73 Å². The Bertz CT molecular complexity index is 709. The van der Waals surface area contributed by atoms with E-state index < -0.39 is 18.8 Å². The SMILES string of the molecule is CC(NC(=O)CC(N)c1ccccc1)c1ccc(OCC(F)(F)F)cc1.Cl. The fourth-order valence-electron chi connectivity index (χ4n) is 2.42. The molecule has 2 rings (SSSR count). The zero-order valence-corrected chi connectivity index (χ0v) is 15.5. The third-order valence-corrected chi connectivity index (χ3v) is 3.79. The third-order valence-electron chi connectivity index (χ3n) is 3.79. The first-order chi connectivity index (χ1) is 12.2. The van der Waals surface area contributed by atoms with Gasteiger partial charge in [0.15, 0.2) is 6.61 Å². The molecule has 0 bridgehead atoms. The van der Waals surface area contributed by atoms with E-state index in [1.807, 2.05) is 30.3 Å². The van der Waals surface area contributed by atoms with Gasteiger partial charge in [-0.25, -0.2) is 0 Å². The van der Waals surface area contributed by atoms with Crippen LogP contribution in [0, 0.1) is 0 Å². The van der Waals surface area contributed by atoms with Gasteiger partial charge in [0.05, 0.1) is 6.04 Å². The maximum atomic E-state index is 12.1. The molecule has 2 atom stereocenters. The first kappa shape index (κ1) is 22.8. The molecule has 148 valence electrons. The van der Waals surface area contributed by atoms with Crippen molar-refractivity contribution in [1.82, 2.24) is 5.32 Å². The highest BCUT2D eigenvalue weighted by Gasteiger charge is 2.28. The molecule has 0 radical (unpaired) electrons. The molecule has 0 spiro atoms. The molecule has 0 aliphatic heterocycles. The van der Waals surface area contributed by atoms with Crippen molar-refractivity contribution in [3.63, 3.8) is 0 Å². The number of nitrogens with one attached hydrogen (secondary N) is 1. The average molecular weight is 403 g/mol. The van der Waals surface area contributed by atoms with Gasteiger partial charge >= 0.3 is 6.18 Å². The Morgan fingerprint density at radius 1 is 1.07 bits per heavy atom. The number of hydrogen-bond acceptors (Lipinski definition) is 3. The summed E-state index contributed by atoms with van der Waals surface area (Å²) in [6, 6.07) is 14.7. The van der Waals surface area contributed by atoms with Gasteiger partial charge in [0.1, 0.15) is 5.75 Å². The Morgan fingerprint density at radius 2 is 1.67 bits per heavy atom. The van der Waals surface area contributed by atoms with Crippen LogP contribution < -0.4 is 15.8 Å². The highest BCUT2D eigenvalue weighted by molar-refractivity contribution is 5.85. The Kier molecular flexibility index (Phi) is 8.59. The van der Waals surface area contributed by atoms with Crippen LogP contribution in [0.3, 0.4) is 0 Å². The molecule has 2 aromatic rings. The molecule has 0 saturated heterocycles. The molecular weight excluding hydrogens is 381 g/mol. The number of benzene rings is 2. The lowest BCUT2D eigenvalue weighted by Crippen LogP contribution is -2.29. The van der Waals surface area contributed by atoms with E-state index in [0.29, 0.717) is 0 Å². The molecule has 2 aromatic carbocycles. The van der Waals surface area contributed by atoms with E-state index in [-0.39, 0.29) is 36.5 Å². The van der Waals surface area contributed by atoms with E-state index in [1.54, 1.807) is 19.1 Å². The number of hydrogen-bond donors (Lipinski definition) is 2. The molecule has 3 N–H and O–H groups in total. The van der Waals surface area contributed by atoms with Crippen molar-refractivity contribution < 1.29 is 22.7 Å². The van der Waals surface area contributed by atoms with Gasteiger partial charge in [-0.05, 0) is 30.2 Å². The predicted molar refractivity (Wildman–Crippen MR) is 99.8 cm³/mol. The summed E-state index contributed by atoms with van der Waals surface area (Å²) in [5.74, 6) is -0.0815. The van der Waals surface area contributed by atoms with Crippen molar-refractivity contribution in [2.75, 3.05) is 6.61 Å². The van der Waals surface area contributed by atoms with Gasteiger partial charge in [-0.2, -0.15) is 13.2 Å². The van der Waals surface area contributed by atoms with Crippen LogP contribution in [0.5, 0.6) is 5.75 Å². The van der Waals surface area contributed by atoms with Crippen LogP contribution in [-0.2, 0) is 4.79 Å². The van der Waals surface area contributed by atoms with Crippen LogP contribution in [0.2, 0.25) is 0 Å². The normalized spacial score (nSPS) is 13.2. The molecule has 27 heavy (non-hydrogen) atoms. The summed E-state index contributed by atoms with van der Waals surface area (Å²) in [5, 5.41) is 2.83. The van der Waals surface area contributed by atoms with E-state index in [9.17, 15) is 18.0 Å². The van der Waals surface area contributed by atoms with Gasteiger partial charge in [-0.1, -0.05) is 42.5 Å². The van der Waals surface area contributed by atoms with E-state index >= 15 is 0 Å². The molecular formula is C19H22ClF3N2O2. The Morgan fingerprint density at radius 3 is 2.22 bits per heavy atom. The maximum Gasteiger partial charge on any atom is 0.422 e. The predicted octanol–water partition coefficient (Wildman–Crippen LogP) is 4.32. The lowest BCUT2D eigenvalue weighted by atomic mass is 10.0. The molecule has 0 aliphatic carbocycles. The maximum absolute atomic E-state index is 12.1. The molecule has 0 aliphatic rings. The van der Waals surface area contributed by atoms with Crippen LogP contribution in [0.4, 0.5) is 13.2 Å². The second-order valence-corrected chi connectivity index (χ2v) is 5.98. The minimum Gasteiger partial charge on any atom is -0.484 e. The third kappa shape index (κ3) is 7.88. The molecule has 0 heterocycles. The van der Waals surface area contributed by atoms with Crippen molar-refractivity contribution in [1.29, 1.82) is 0 Å². The van der Waals surface area contributed by atoms with Crippen molar-refractivity contribution in [2.24, 2.45) is 5.73 Å². The fourth-order valence-corrected chi connectivity index (χ4v) is 2.42. The molecule has 2 unspecified atom stereocenters.